The van der Waals surface area contributed by atoms with Gasteiger partial charge in [-0.3, -0.25) is 9.59 Å². The first-order valence-electron chi connectivity index (χ1n) is 5.85. The van der Waals surface area contributed by atoms with Gasteiger partial charge < -0.3 is 15.0 Å². The number of nitrogens with one attached hydrogen (secondary N) is 2. The number of aromatic nitrogens is 1. The van der Waals surface area contributed by atoms with Gasteiger partial charge in [-0.2, -0.15) is 12.6 Å². The van der Waals surface area contributed by atoms with E-state index in [0.29, 0.717) is 12.3 Å². The summed E-state index contributed by atoms with van der Waals surface area (Å²) in [6.07, 6.45) is 1.35. The van der Waals surface area contributed by atoms with E-state index in [-0.39, 0.29) is 29.0 Å². The van der Waals surface area contributed by atoms with Gasteiger partial charge in [0.1, 0.15) is 4.64 Å². The molecule has 0 radical (unpaired) electrons. The molecule has 1 amide bonds. The number of ether oxygens (including phenoxy) is 1. The molecule has 1 aromatic rings. The highest BCUT2D eigenvalue weighted by molar-refractivity contribution is 7.80. The molecule has 0 aliphatic carbocycles. The Labute approximate surface area is 126 Å². The first kappa shape index (κ1) is 16.4. The average Bonchev–Trinajstić information content (AvgIpc) is 2.43. The lowest BCUT2D eigenvalue weighted by Gasteiger charge is -2.04. The van der Waals surface area contributed by atoms with Gasteiger partial charge in [0.15, 0.2) is 0 Å². The van der Waals surface area contributed by atoms with E-state index >= 15 is 0 Å². The van der Waals surface area contributed by atoms with Gasteiger partial charge in [0.05, 0.1) is 12.0 Å². The number of thiol groups is 1. The number of H-pyrrole nitrogens is 1. The summed E-state index contributed by atoms with van der Waals surface area (Å²) in [6.45, 7) is 0.426. The van der Waals surface area contributed by atoms with Crippen LogP contribution in [0.15, 0.2) is 18.3 Å². The van der Waals surface area contributed by atoms with Gasteiger partial charge in [0.25, 0.3) is 0 Å². The maximum absolute atomic E-state index is 11.7. The molecule has 0 fully saturated rings. The Hall–Kier alpha value is -1.67. The molecule has 0 bridgehead atoms. The quantitative estimate of drug-likeness (QED) is 0.318. The molecule has 0 atom stereocenters. The van der Waals surface area contributed by atoms with E-state index < -0.39 is 11.9 Å². The largest absolute Gasteiger partial charge is 0.389 e. The summed E-state index contributed by atoms with van der Waals surface area (Å²) < 4.78 is 4.80. The Kier molecular flexibility index (Phi) is 6.96. The number of hydrogen-bond donors (Lipinski definition) is 3. The van der Waals surface area contributed by atoms with Crippen molar-refractivity contribution < 1.29 is 19.1 Å². The van der Waals surface area contributed by atoms with Gasteiger partial charge in [-0.15, -0.1) is 0 Å². The molecular weight excluding hydrogens is 300 g/mol. The summed E-state index contributed by atoms with van der Waals surface area (Å²) in [5, 5.41) is 2.55. The molecule has 1 aromatic heterocycles. The van der Waals surface area contributed by atoms with Gasteiger partial charge >= 0.3 is 11.9 Å². The number of esters is 2. The van der Waals surface area contributed by atoms with E-state index in [1.54, 1.807) is 12.3 Å². The first-order valence-corrected chi connectivity index (χ1v) is 6.89. The Balaban J connectivity index is 2.43. The zero-order valence-electron chi connectivity index (χ0n) is 10.5. The third kappa shape index (κ3) is 5.54. The van der Waals surface area contributed by atoms with Crippen molar-refractivity contribution in [2.24, 2.45) is 0 Å². The second-order valence-corrected chi connectivity index (χ2v) is 4.60. The van der Waals surface area contributed by atoms with Crippen LogP contribution < -0.4 is 5.32 Å². The topological polar surface area (TPSA) is 88.3 Å². The molecule has 0 aliphatic rings. The number of pyridine rings is 1. The second-order valence-electron chi connectivity index (χ2n) is 3.75. The van der Waals surface area contributed by atoms with Crippen molar-refractivity contribution in [1.29, 1.82) is 0 Å². The van der Waals surface area contributed by atoms with Crippen LogP contribution in [0.1, 0.15) is 23.2 Å². The van der Waals surface area contributed by atoms with E-state index in [9.17, 15) is 14.4 Å². The number of aromatic amines is 1. The van der Waals surface area contributed by atoms with Crippen LogP contribution in [0.25, 0.3) is 0 Å². The van der Waals surface area contributed by atoms with Crippen molar-refractivity contribution in [2.45, 2.75) is 12.8 Å². The SMILES string of the molecule is O=C(CCC(=O)OC(=O)c1ccc[nH]c1=S)NCCS. The van der Waals surface area contributed by atoms with Crippen molar-refractivity contribution in [3.05, 3.63) is 28.5 Å². The fourth-order valence-electron chi connectivity index (χ4n) is 1.29. The van der Waals surface area contributed by atoms with E-state index in [4.69, 9.17) is 12.2 Å². The molecule has 2 N–H and O–H groups in total. The first-order chi connectivity index (χ1) is 9.54. The Morgan fingerprint density at radius 3 is 2.75 bits per heavy atom. The minimum Gasteiger partial charge on any atom is -0.389 e. The van der Waals surface area contributed by atoms with Crippen LogP contribution >= 0.6 is 24.8 Å². The zero-order valence-corrected chi connectivity index (χ0v) is 12.3. The minimum atomic E-state index is -0.826. The normalized spacial score (nSPS) is 9.85. The van der Waals surface area contributed by atoms with Gasteiger partial charge in [-0.05, 0) is 12.1 Å². The summed E-state index contributed by atoms with van der Waals surface area (Å²) in [5.74, 6) is -1.37. The smallest absolute Gasteiger partial charge is 0.348 e. The van der Waals surface area contributed by atoms with Gasteiger partial charge in [-0.1, -0.05) is 12.2 Å². The molecule has 20 heavy (non-hydrogen) atoms. The van der Waals surface area contributed by atoms with Crippen LogP contribution in [-0.2, 0) is 14.3 Å². The maximum Gasteiger partial charge on any atom is 0.348 e. The third-order valence-electron chi connectivity index (χ3n) is 2.23. The maximum atomic E-state index is 11.7. The monoisotopic (exact) mass is 314 g/mol. The van der Waals surface area contributed by atoms with Crippen LogP contribution in [-0.4, -0.2) is 35.1 Å². The summed E-state index contributed by atoms with van der Waals surface area (Å²) in [7, 11) is 0. The van der Waals surface area contributed by atoms with Crippen LogP contribution in [0.2, 0.25) is 0 Å². The number of carbonyl (C=O) groups excluding carboxylic acids is 3. The fraction of sp³-hybridized carbons (Fsp3) is 0.333. The summed E-state index contributed by atoms with van der Waals surface area (Å²) in [5.41, 5.74) is 0.107. The van der Waals surface area contributed by atoms with Crippen molar-refractivity contribution in [3.8, 4) is 0 Å². The van der Waals surface area contributed by atoms with Crippen molar-refractivity contribution in [2.75, 3.05) is 12.3 Å². The molecule has 1 heterocycles. The lowest BCUT2D eigenvalue weighted by molar-refractivity contribution is -0.139. The molecule has 108 valence electrons. The molecule has 0 saturated carbocycles. The summed E-state index contributed by atoms with van der Waals surface area (Å²) >= 11 is 8.83. The molecule has 0 unspecified atom stereocenters. The van der Waals surface area contributed by atoms with Gasteiger partial charge in [-0.25, -0.2) is 4.79 Å². The summed E-state index contributed by atoms with van der Waals surface area (Å²) in [4.78, 5) is 37.0. The van der Waals surface area contributed by atoms with E-state index in [2.05, 4.69) is 27.7 Å². The number of hydrogen-bond acceptors (Lipinski definition) is 6. The fourth-order valence-corrected chi connectivity index (χ4v) is 1.62. The molecule has 0 spiro atoms. The average molecular weight is 314 g/mol. The van der Waals surface area contributed by atoms with Crippen molar-refractivity contribution >= 4 is 42.7 Å². The third-order valence-corrected chi connectivity index (χ3v) is 2.80. The molecule has 0 aliphatic heterocycles. The Morgan fingerprint density at radius 2 is 2.10 bits per heavy atom. The van der Waals surface area contributed by atoms with E-state index in [1.165, 1.54) is 6.07 Å². The molecule has 6 nitrogen and oxygen atoms in total. The predicted octanol–water partition coefficient (Wildman–Crippen LogP) is 1.25. The van der Waals surface area contributed by atoms with E-state index in [1.807, 2.05) is 0 Å². The van der Waals surface area contributed by atoms with Crippen LogP contribution in [0, 0.1) is 4.64 Å². The Morgan fingerprint density at radius 1 is 1.35 bits per heavy atom. The lowest BCUT2D eigenvalue weighted by Crippen LogP contribution is -2.26. The molecular formula is C12H14N2O4S2. The predicted molar refractivity (Wildman–Crippen MR) is 78.1 cm³/mol. The highest BCUT2D eigenvalue weighted by atomic mass is 32.1. The second kappa shape index (κ2) is 8.49. The lowest BCUT2D eigenvalue weighted by atomic mass is 10.3. The molecule has 8 heteroatoms. The van der Waals surface area contributed by atoms with Gasteiger partial charge in [0, 0.05) is 24.9 Å². The van der Waals surface area contributed by atoms with Crippen LogP contribution in [0.3, 0.4) is 0 Å². The highest BCUT2D eigenvalue weighted by Gasteiger charge is 2.15. The van der Waals surface area contributed by atoms with E-state index in [0.717, 1.165) is 0 Å². The standard InChI is InChI=1S/C12H14N2O4S2/c15-9(13-6-7-19)3-4-10(16)18-12(17)8-2-1-5-14-11(8)20/h1-2,5,19H,3-4,6-7H2,(H,13,15)(H,14,20). The Bertz CT molecular complexity index is 556. The minimum absolute atomic E-state index is 0.0401. The van der Waals surface area contributed by atoms with Crippen LogP contribution in [0.4, 0.5) is 0 Å². The summed E-state index contributed by atoms with van der Waals surface area (Å²) in [6, 6.07) is 3.02. The van der Waals surface area contributed by atoms with Crippen molar-refractivity contribution in [1.82, 2.24) is 10.3 Å². The van der Waals surface area contributed by atoms with Crippen LogP contribution in [0.5, 0.6) is 0 Å². The number of rotatable bonds is 6. The number of amides is 1. The zero-order chi connectivity index (χ0) is 15.0. The highest BCUT2D eigenvalue weighted by Crippen LogP contribution is 2.04. The van der Waals surface area contributed by atoms with Crippen molar-refractivity contribution in [3.63, 3.8) is 0 Å². The number of carbonyl (C=O) groups is 3. The molecule has 0 saturated heterocycles. The van der Waals surface area contributed by atoms with Gasteiger partial charge in [0.2, 0.25) is 5.91 Å². The molecule has 1 rings (SSSR count). The molecule has 0 aromatic carbocycles.